The van der Waals surface area contributed by atoms with Crippen molar-refractivity contribution in [1.82, 2.24) is 14.6 Å². The lowest BCUT2D eigenvalue weighted by atomic mass is 10.00. The van der Waals surface area contributed by atoms with E-state index in [-0.39, 0.29) is 17.2 Å². The first-order valence-corrected chi connectivity index (χ1v) is 17.5. The van der Waals surface area contributed by atoms with Crippen molar-refractivity contribution < 1.29 is 26.6 Å². The topological polar surface area (TPSA) is 87.0 Å². The van der Waals surface area contributed by atoms with Crippen LogP contribution in [0.3, 0.4) is 0 Å². The second kappa shape index (κ2) is 11.7. The van der Waals surface area contributed by atoms with Crippen molar-refractivity contribution >= 4 is 51.0 Å². The van der Waals surface area contributed by atoms with Crippen LogP contribution >= 0.6 is 15.9 Å². The van der Waals surface area contributed by atoms with Crippen LogP contribution < -0.4 is 10.5 Å². The van der Waals surface area contributed by atoms with E-state index in [0.29, 0.717) is 9.79 Å². The average Bonchev–Trinajstić information content (AvgIpc) is 2.89. The number of nitrogens with zero attached hydrogens (tertiary/aromatic N) is 4. The van der Waals surface area contributed by atoms with Gasteiger partial charge in [-0.2, -0.15) is 13.2 Å². The number of aromatic nitrogens is 1. The molecule has 2 heterocycles. The molecule has 0 bridgehead atoms. The van der Waals surface area contributed by atoms with Gasteiger partial charge in [0.15, 0.2) is 0 Å². The standard InChI is InChI=1S/C25H32BrF4N5O2SSi/c1-6-39(7-2,8-3)18-14-19(26)32-21(20(18)27)24(4)16-38(37,31-15-25(28,29)30)35(5)23(34-24)33-22(36)17-12-10-9-11-13-17/h9-14H,6-8,15-16H2,1-5H3,(H,33,34,36)/t24-,38-/m0/s1. The first-order chi connectivity index (χ1) is 18.1. The Kier molecular flexibility index (Phi) is 9.32. The van der Waals surface area contributed by atoms with Crippen LogP contribution in [0, 0.1) is 5.82 Å². The minimum Gasteiger partial charge on any atom is -0.292 e. The van der Waals surface area contributed by atoms with Crippen molar-refractivity contribution in [2.45, 2.75) is 57.5 Å². The fourth-order valence-corrected chi connectivity index (χ4v) is 11.2. The summed E-state index contributed by atoms with van der Waals surface area (Å²) in [5.41, 5.74) is -1.61. The van der Waals surface area contributed by atoms with Gasteiger partial charge < -0.3 is 0 Å². The monoisotopic (exact) mass is 649 g/mol. The number of alkyl halides is 3. The van der Waals surface area contributed by atoms with Gasteiger partial charge in [-0.25, -0.2) is 22.9 Å². The summed E-state index contributed by atoms with van der Waals surface area (Å²) in [5.74, 6) is -2.09. The summed E-state index contributed by atoms with van der Waals surface area (Å²) in [5, 5.41) is 3.06. The number of hydrogen-bond donors (Lipinski definition) is 1. The fraction of sp³-hybridized carbons (Fsp3) is 0.480. The summed E-state index contributed by atoms with van der Waals surface area (Å²) in [4.78, 5) is 21.9. The summed E-state index contributed by atoms with van der Waals surface area (Å²) in [6.07, 6.45) is -4.72. The number of benzene rings is 1. The highest BCUT2D eigenvalue weighted by molar-refractivity contribution is 9.10. The average molecular weight is 651 g/mol. The molecule has 214 valence electrons. The molecule has 1 aromatic carbocycles. The Morgan fingerprint density at radius 3 is 2.33 bits per heavy atom. The highest BCUT2D eigenvalue weighted by atomic mass is 79.9. The molecule has 0 spiro atoms. The van der Waals surface area contributed by atoms with Gasteiger partial charge in [-0.3, -0.25) is 14.4 Å². The summed E-state index contributed by atoms with van der Waals surface area (Å²) in [7, 11) is -4.90. The van der Waals surface area contributed by atoms with Crippen molar-refractivity contribution in [2.24, 2.45) is 9.36 Å². The van der Waals surface area contributed by atoms with E-state index >= 15 is 4.39 Å². The van der Waals surface area contributed by atoms with Gasteiger partial charge in [0.1, 0.15) is 38.1 Å². The van der Waals surface area contributed by atoms with E-state index in [4.69, 9.17) is 0 Å². The summed E-state index contributed by atoms with van der Waals surface area (Å²) in [6, 6.07) is 12.0. The smallest absolute Gasteiger partial charge is 0.292 e. The normalized spacial score (nSPS) is 21.9. The molecule has 14 heteroatoms. The first kappa shape index (κ1) is 31.2. The lowest BCUT2D eigenvalue weighted by Gasteiger charge is -2.38. The van der Waals surface area contributed by atoms with E-state index in [1.165, 1.54) is 26.1 Å². The second-order valence-electron chi connectivity index (χ2n) is 9.68. The molecule has 0 saturated carbocycles. The second-order valence-corrected chi connectivity index (χ2v) is 18.0. The molecular formula is C25H32BrF4N5O2SSi. The Labute approximate surface area is 236 Å². The van der Waals surface area contributed by atoms with Gasteiger partial charge in [0.25, 0.3) is 5.91 Å². The molecule has 3 rings (SSSR count). The number of carbonyl (C=O) groups excluding carboxylic acids is 1. The van der Waals surface area contributed by atoms with E-state index in [1.807, 2.05) is 20.8 Å². The molecule has 1 aliphatic rings. The van der Waals surface area contributed by atoms with E-state index in [9.17, 15) is 22.2 Å². The van der Waals surface area contributed by atoms with Crippen LogP contribution in [0.1, 0.15) is 43.7 Å². The number of carbonyl (C=O) groups is 1. The number of nitrogens with one attached hydrogen (secondary N) is 1. The maximum atomic E-state index is 16.4. The molecule has 1 aromatic heterocycles. The van der Waals surface area contributed by atoms with Gasteiger partial charge in [0.05, 0.1) is 13.8 Å². The number of guanidine groups is 1. The largest absolute Gasteiger partial charge is 0.408 e. The molecule has 1 N–H and O–H groups in total. The number of hydrogen-bond acceptors (Lipinski definition) is 5. The van der Waals surface area contributed by atoms with Crippen molar-refractivity contribution in [3.8, 4) is 0 Å². The fourth-order valence-electron chi connectivity index (χ4n) is 4.79. The minimum absolute atomic E-state index is 0.159. The van der Waals surface area contributed by atoms with Gasteiger partial charge in [0.2, 0.25) is 5.96 Å². The van der Waals surface area contributed by atoms with Crippen molar-refractivity contribution in [2.75, 3.05) is 19.3 Å². The van der Waals surface area contributed by atoms with Gasteiger partial charge in [0, 0.05) is 12.6 Å². The maximum Gasteiger partial charge on any atom is 0.408 e. The van der Waals surface area contributed by atoms with E-state index < -0.39 is 53.7 Å². The third-order valence-corrected chi connectivity index (χ3v) is 15.8. The Hall–Kier alpha value is -2.32. The van der Waals surface area contributed by atoms with Crippen LogP contribution in [-0.2, 0) is 15.5 Å². The van der Waals surface area contributed by atoms with Crippen molar-refractivity contribution in [3.63, 3.8) is 0 Å². The van der Waals surface area contributed by atoms with Crippen molar-refractivity contribution in [1.29, 1.82) is 0 Å². The molecule has 39 heavy (non-hydrogen) atoms. The zero-order chi connectivity index (χ0) is 29.2. The van der Waals surface area contributed by atoms with Gasteiger partial charge in [-0.05, 0) is 46.2 Å². The molecule has 1 amide bonds. The maximum absolute atomic E-state index is 16.4. The SMILES string of the molecule is CC[Si](CC)(CC)c1cc(Br)nc([C@]2(C)C[S@](=O)(=NCC(F)(F)F)N(C)C(NC(=O)c3ccccc3)=N2)c1F. The zero-order valence-corrected chi connectivity index (χ0v) is 25.8. The molecule has 0 unspecified atom stereocenters. The number of rotatable bonds is 7. The molecule has 7 nitrogen and oxygen atoms in total. The van der Waals surface area contributed by atoms with Crippen LogP contribution in [-0.4, -0.2) is 59.0 Å². The summed E-state index contributed by atoms with van der Waals surface area (Å²) in [6.45, 7) is 5.82. The highest BCUT2D eigenvalue weighted by Gasteiger charge is 2.45. The van der Waals surface area contributed by atoms with E-state index in [2.05, 4.69) is 35.6 Å². The van der Waals surface area contributed by atoms with Gasteiger partial charge >= 0.3 is 6.18 Å². The van der Waals surface area contributed by atoms with Crippen LogP contribution in [0.4, 0.5) is 17.6 Å². The lowest BCUT2D eigenvalue weighted by Crippen LogP contribution is -2.55. The Morgan fingerprint density at radius 2 is 1.79 bits per heavy atom. The molecule has 2 atom stereocenters. The number of aliphatic imine (C=N–C) groups is 1. The molecule has 0 fully saturated rings. The molecular weight excluding hydrogens is 618 g/mol. The quantitative estimate of drug-likeness (QED) is 0.241. The Balaban J connectivity index is 2.26. The third-order valence-electron chi connectivity index (χ3n) is 7.29. The molecule has 0 aliphatic carbocycles. The van der Waals surface area contributed by atoms with Crippen molar-refractivity contribution in [3.05, 3.63) is 58.1 Å². The Bertz CT molecular complexity index is 1370. The van der Waals surface area contributed by atoms with Crippen LogP contribution in [0.2, 0.25) is 18.1 Å². The van der Waals surface area contributed by atoms with Crippen LogP contribution in [0.25, 0.3) is 0 Å². The Morgan fingerprint density at radius 1 is 1.21 bits per heavy atom. The number of pyridine rings is 1. The van der Waals surface area contributed by atoms with E-state index in [0.717, 1.165) is 22.4 Å². The summed E-state index contributed by atoms with van der Waals surface area (Å²) >= 11 is 3.37. The van der Waals surface area contributed by atoms with Gasteiger partial charge in [-0.15, -0.1) is 0 Å². The minimum atomic E-state index is -4.72. The molecule has 1 aliphatic heterocycles. The first-order valence-electron chi connectivity index (χ1n) is 12.5. The van der Waals surface area contributed by atoms with Crippen LogP contribution in [0.5, 0.6) is 0 Å². The predicted molar refractivity (Wildman–Crippen MR) is 152 cm³/mol. The number of halogens is 5. The lowest BCUT2D eigenvalue weighted by molar-refractivity contribution is -0.117. The molecule has 0 saturated heterocycles. The van der Waals surface area contributed by atoms with Gasteiger partial charge in [-0.1, -0.05) is 57.1 Å². The highest BCUT2D eigenvalue weighted by Crippen LogP contribution is 2.35. The zero-order valence-electron chi connectivity index (χ0n) is 22.4. The summed E-state index contributed by atoms with van der Waals surface area (Å²) < 4.78 is 74.7. The number of amides is 1. The van der Waals surface area contributed by atoms with E-state index in [1.54, 1.807) is 24.3 Å². The predicted octanol–water partition coefficient (Wildman–Crippen LogP) is 5.59. The van der Waals surface area contributed by atoms with Crippen LogP contribution in [0.15, 0.2) is 50.4 Å². The molecule has 0 radical (unpaired) electrons. The third kappa shape index (κ3) is 6.54. The molecule has 2 aromatic rings.